The molecule has 39 heavy (non-hydrogen) atoms. The van der Waals surface area contributed by atoms with E-state index in [1.807, 2.05) is 25.3 Å². The first-order valence-electron chi connectivity index (χ1n) is 14.2. The van der Waals surface area contributed by atoms with Gasteiger partial charge in [0, 0.05) is 56.6 Å². The average Bonchev–Trinajstić information content (AvgIpc) is 3.48. The van der Waals surface area contributed by atoms with Crippen LogP contribution in [0.1, 0.15) is 48.9 Å². The number of pyridine rings is 1. The Morgan fingerprint density at radius 2 is 1.77 bits per heavy atom. The van der Waals surface area contributed by atoms with Crippen LogP contribution in [-0.4, -0.2) is 79.5 Å². The number of rotatable bonds is 11. The van der Waals surface area contributed by atoms with Crippen molar-refractivity contribution < 1.29 is 14.2 Å². The van der Waals surface area contributed by atoms with E-state index >= 15 is 0 Å². The predicted molar refractivity (Wildman–Crippen MR) is 155 cm³/mol. The molecule has 2 aliphatic rings. The summed E-state index contributed by atoms with van der Waals surface area (Å²) < 4.78 is 17.6. The van der Waals surface area contributed by atoms with Gasteiger partial charge in [0.2, 0.25) is 5.95 Å². The highest BCUT2D eigenvalue weighted by molar-refractivity contribution is 5.92. The molecule has 9 heteroatoms. The molecule has 2 aromatic heterocycles. The SMILES string of the molecule is COc1cc2c(NCc3cnc(C)cc3C)nc(N3CCC(OC)CC3)nc2cc1OCCCN1CCCC1. The number of likely N-dealkylation sites (tertiary alicyclic amines) is 1. The van der Waals surface area contributed by atoms with Gasteiger partial charge in [-0.25, -0.2) is 4.98 Å². The van der Waals surface area contributed by atoms with Gasteiger partial charge in [0.25, 0.3) is 0 Å². The van der Waals surface area contributed by atoms with Gasteiger partial charge in [-0.3, -0.25) is 4.98 Å². The van der Waals surface area contributed by atoms with E-state index < -0.39 is 0 Å². The Balaban J connectivity index is 1.41. The molecule has 2 fully saturated rings. The van der Waals surface area contributed by atoms with E-state index in [1.165, 1.54) is 31.5 Å². The predicted octanol–water partition coefficient (Wildman–Crippen LogP) is 4.74. The van der Waals surface area contributed by atoms with Crippen molar-refractivity contribution in [3.05, 3.63) is 41.2 Å². The summed E-state index contributed by atoms with van der Waals surface area (Å²) in [5.41, 5.74) is 4.20. The van der Waals surface area contributed by atoms with Gasteiger partial charge in [-0.1, -0.05) is 0 Å². The average molecular weight is 535 g/mol. The second kappa shape index (κ2) is 12.8. The first-order valence-corrected chi connectivity index (χ1v) is 14.2. The molecule has 2 aliphatic heterocycles. The standard InChI is InChI=1S/C30H42N6O3/c1-21-16-22(2)31-19-23(21)20-32-29-25-17-27(38-4)28(39-15-7-12-35-10-5-6-11-35)18-26(25)33-30(34-29)36-13-8-24(37-3)9-14-36/h16-19,24H,5-15,20H2,1-4H3,(H,32,33,34). The number of anilines is 2. The molecule has 9 nitrogen and oxygen atoms in total. The molecule has 0 spiro atoms. The van der Waals surface area contributed by atoms with Crippen molar-refractivity contribution in [3.63, 3.8) is 0 Å². The van der Waals surface area contributed by atoms with Gasteiger partial charge in [0.05, 0.1) is 25.3 Å². The molecular weight excluding hydrogens is 492 g/mol. The van der Waals surface area contributed by atoms with Gasteiger partial charge < -0.3 is 29.3 Å². The van der Waals surface area contributed by atoms with Crippen LogP contribution < -0.4 is 19.7 Å². The number of aromatic nitrogens is 3. The third-order valence-electron chi connectivity index (χ3n) is 7.90. The van der Waals surface area contributed by atoms with E-state index in [0.717, 1.165) is 78.6 Å². The van der Waals surface area contributed by atoms with Crippen LogP contribution in [0.3, 0.4) is 0 Å². The molecule has 3 aromatic rings. The molecule has 2 saturated heterocycles. The Kier molecular flexibility index (Phi) is 8.98. The Morgan fingerprint density at radius 3 is 2.49 bits per heavy atom. The number of nitrogens with zero attached hydrogens (tertiary/aromatic N) is 5. The molecule has 5 rings (SSSR count). The maximum Gasteiger partial charge on any atom is 0.227 e. The molecule has 0 radical (unpaired) electrons. The largest absolute Gasteiger partial charge is 0.493 e. The molecule has 0 amide bonds. The van der Waals surface area contributed by atoms with E-state index in [1.54, 1.807) is 14.2 Å². The summed E-state index contributed by atoms with van der Waals surface area (Å²) in [5, 5.41) is 4.48. The van der Waals surface area contributed by atoms with Crippen molar-refractivity contribution in [2.75, 3.05) is 63.8 Å². The Bertz CT molecular complexity index is 1260. The second-order valence-electron chi connectivity index (χ2n) is 10.7. The van der Waals surface area contributed by atoms with Crippen molar-refractivity contribution in [2.45, 2.75) is 58.6 Å². The molecule has 0 aliphatic carbocycles. The van der Waals surface area contributed by atoms with Crippen LogP contribution in [0.15, 0.2) is 24.4 Å². The highest BCUT2D eigenvalue weighted by atomic mass is 16.5. The monoisotopic (exact) mass is 534 g/mol. The van der Waals surface area contributed by atoms with Crippen LogP contribution in [0.5, 0.6) is 11.5 Å². The molecule has 4 heterocycles. The van der Waals surface area contributed by atoms with Crippen LogP contribution >= 0.6 is 0 Å². The molecule has 0 unspecified atom stereocenters. The highest BCUT2D eigenvalue weighted by Gasteiger charge is 2.23. The summed E-state index contributed by atoms with van der Waals surface area (Å²) in [6.45, 7) is 10.6. The minimum atomic E-state index is 0.293. The number of aryl methyl sites for hydroxylation is 2. The van der Waals surface area contributed by atoms with Crippen molar-refractivity contribution in [1.82, 2.24) is 19.9 Å². The van der Waals surface area contributed by atoms with E-state index in [9.17, 15) is 0 Å². The summed E-state index contributed by atoms with van der Waals surface area (Å²) in [4.78, 5) is 19.3. The number of benzene rings is 1. The molecule has 0 bridgehead atoms. The number of ether oxygens (including phenoxy) is 3. The molecule has 0 saturated carbocycles. The first kappa shape index (κ1) is 27.4. The molecule has 0 atom stereocenters. The smallest absolute Gasteiger partial charge is 0.227 e. The third-order valence-corrected chi connectivity index (χ3v) is 7.90. The summed E-state index contributed by atoms with van der Waals surface area (Å²) in [6, 6.07) is 6.10. The Hall–Kier alpha value is -3.17. The van der Waals surface area contributed by atoms with E-state index in [4.69, 9.17) is 24.2 Å². The van der Waals surface area contributed by atoms with E-state index in [0.29, 0.717) is 25.0 Å². The number of piperidine rings is 1. The van der Waals surface area contributed by atoms with Crippen molar-refractivity contribution in [1.29, 1.82) is 0 Å². The highest BCUT2D eigenvalue weighted by Crippen LogP contribution is 2.36. The van der Waals surface area contributed by atoms with Crippen LogP contribution in [0.2, 0.25) is 0 Å². The number of methoxy groups -OCH3 is 2. The van der Waals surface area contributed by atoms with Gasteiger partial charge >= 0.3 is 0 Å². The lowest BCUT2D eigenvalue weighted by atomic mass is 10.1. The van der Waals surface area contributed by atoms with E-state index in [2.05, 4.69) is 33.1 Å². The first-order chi connectivity index (χ1) is 19.0. The molecule has 210 valence electrons. The zero-order chi connectivity index (χ0) is 27.2. The number of hydrogen-bond acceptors (Lipinski definition) is 9. The second-order valence-corrected chi connectivity index (χ2v) is 10.7. The number of nitrogens with one attached hydrogen (secondary N) is 1. The third kappa shape index (κ3) is 6.70. The zero-order valence-electron chi connectivity index (χ0n) is 23.8. The minimum Gasteiger partial charge on any atom is -0.493 e. The van der Waals surface area contributed by atoms with Crippen LogP contribution in [-0.2, 0) is 11.3 Å². The van der Waals surface area contributed by atoms with Gasteiger partial charge in [-0.15, -0.1) is 0 Å². The number of hydrogen-bond donors (Lipinski definition) is 1. The molecule has 1 aromatic carbocycles. The molecular formula is C30H42N6O3. The van der Waals surface area contributed by atoms with Crippen molar-refractivity contribution >= 4 is 22.7 Å². The summed E-state index contributed by atoms with van der Waals surface area (Å²) in [7, 11) is 3.47. The lowest BCUT2D eigenvalue weighted by Gasteiger charge is -2.31. The van der Waals surface area contributed by atoms with Crippen molar-refractivity contribution in [3.8, 4) is 11.5 Å². The van der Waals surface area contributed by atoms with Crippen LogP contribution in [0.25, 0.3) is 10.9 Å². The Morgan fingerprint density at radius 1 is 0.974 bits per heavy atom. The zero-order valence-corrected chi connectivity index (χ0v) is 23.8. The van der Waals surface area contributed by atoms with Crippen LogP contribution in [0.4, 0.5) is 11.8 Å². The topological polar surface area (TPSA) is 84.9 Å². The lowest BCUT2D eigenvalue weighted by Crippen LogP contribution is -2.37. The number of fused-ring (bicyclic) bond motifs is 1. The quantitative estimate of drug-likeness (QED) is 0.351. The Labute approximate surface area is 231 Å². The minimum absolute atomic E-state index is 0.293. The summed E-state index contributed by atoms with van der Waals surface area (Å²) in [6.07, 6.45) is 7.75. The van der Waals surface area contributed by atoms with Gasteiger partial charge in [0.1, 0.15) is 5.82 Å². The summed E-state index contributed by atoms with van der Waals surface area (Å²) in [5.74, 6) is 2.92. The maximum absolute atomic E-state index is 6.24. The van der Waals surface area contributed by atoms with Crippen molar-refractivity contribution in [2.24, 2.45) is 0 Å². The van der Waals surface area contributed by atoms with E-state index in [-0.39, 0.29) is 0 Å². The normalized spacial score (nSPS) is 16.7. The molecule has 1 N–H and O–H groups in total. The fourth-order valence-corrected chi connectivity index (χ4v) is 5.53. The van der Waals surface area contributed by atoms with Gasteiger partial charge in [-0.05, 0) is 82.3 Å². The van der Waals surface area contributed by atoms with Gasteiger partial charge in [-0.2, -0.15) is 4.98 Å². The fraction of sp³-hybridized carbons (Fsp3) is 0.567. The lowest BCUT2D eigenvalue weighted by molar-refractivity contribution is 0.0817. The fourth-order valence-electron chi connectivity index (χ4n) is 5.53. The van der Waals surface area contributed by atoms with Gasteiger partial charge in [0.15, 0.2) is 11.5 Å². The maximum atomic E-state index is 6.24. The van der Waals surface area contributed by atoms with Crippen LogP contribution in [0, 0.1) is 13.8 Å². The summed E-state index contributed by atoms with van der Waals surface area (Å²) >= 11 is 0.